The summed E-state index contributed by atoms with van der Waals surface area (Å²) in [4.78, 5) is 46.9. The number of carbonyl (C=O) groups is 1. The topological polar surface area (TPSA) is 185 Å². The SMILES string of the molecule is CCNC(=O)Nc1ncnc2c1ncn2[C@@H]1O[C@H](COP(=O)([O-])[O-])[C@H]2O[C@H](/C=C/c3ccccc3)O[C@H]21.[Na+].[Na+]. The van der Waals surface area contributed by atoms with Crippen LogP contribution in [0.25, 0.3) is 17.2 Å². The van der Waals surface area contributed by atoms with Gasteiger partial charge in [-0.05, 0) is 18.6 Å². The van der Waals surface area contributed by atoms with Gasteiger partial charge in [0, 0.05) is 6.54 Å². The van der Waals surface area contributed by atoms with E-state index in [4.69, 9.17) is 14.2 Å². The second kappa shape index (κ2) is 14.1. The molecule has 14 nitrogen and oxygen atoms in total. The van der Waals surface area contributed by atoms with Crippen molar-refractivity contribution >= 4 is 36.9 Å². The zero-order valence-electron chi connectivity index (χ0n) is 21.5. The summed E-state index contributed by atoms with van der Waals surface area (Å²) in [6.07, 6.45) is 2.21. The second-order valence-corrected chi connectivity index (χ2v) is 9.33. The van der Waals surface area contributed by atoms with Gasteiger partial charge < -0.3 is 38.4 Å². The van der Waals surface area contributed by atoms with Gasteiger partial charge in [-0.2, -0.15) is 0 Å². The number of aromatic nitrogens is 4. The molecule has 17 heteroatoms. The molecule has 0 aliphatic carbocycles. The summed E-state index contributed by atoms with van der Waals surface area (Å²) >= 11 is 0. The van der Waals surface area contributed by atoms with E-state index in [9.17, 15) is 19.1 Å². The fraction of sp³-hybridized carbons (Fsp3) is 0.364. The van der Waals surface area contributed by atoms with E-state index in [1.807, 2.05) is 36.4 Å². The number of phosphoric ester groups is 1. The molecule has 5 rings (SSSR count). The predicted molar refractivity (Wildman–Crippen MR) is 124 cm³/mol. The zero-order valence-corrected chi connectivity index (χ0v) is 26.4. The number of benzene rings is 1. The minimum Gasteiger partial charge on any atom is -0.790 e. The van der Waals surface area contributed by atoms with Gasteiger partial charge in [-0.1, -0.05) is 36.4 Å². The predicted octanol–water partition coefficient (Wildman–Crippen LogP) is -5.46. The minimum absolute atomic E-state index is 0. The van der Waals surface area contributed by atoms with E-state index in [0.717, 1.165) is 5.56 Å². The molecule has 0 saturated carbocycles. The third kappa shape index (κ3) is 7.74. The molecule has 0 spiro atoms. The molecule has 1 aromatic carbocycles. The minimum atomic E-state index is -5.24. The van der Waals surface area contributed by atoms with Crippen molar-refractivity contribution in [2.45, 2.75) is 37.8 Å². The average Bonchev–Trinajstić information content (AvgIpc) is 3.56. The molecule has 5 atom stereocenters. The molecule has 0 radical (unpaired) electrons. The van der Waals surface area contributed by atoms with Crippen LogP contribution in [0.4, 0.5) is 10.6 Å². The van der Waals surface area contributed by atoms with Crippen LogP contribution in [0.2, 0.25) is 0 Å². The molecule has 2 aromatic heterocycles. The fourth-order valence-corrected chi connectivity index (χ4v) is 4.50. The molecule has 2 aliphatic heterocycles. The third-order valence-electron chi connectivity index (χ3n) is 5.71. The van der Waals surface area contributed by atoms with Crippen molar-refractivity contribution in [3.05, 3.63) is 54.6 Å². The van der Waals surface area contributed by atoms with Crippen LogP contribution in [0.15, 0.2) is 49.1 Å². The van der Waals surface area contributed by atoms with Crippen molar-refractivity contribution in [1.82, 2.24) is 24.8 Å². The van der Waals surface area contributed by atoms with Crippen molar-refractivity contribution in [2.24, 2.45) is 0 Å². The summed E-state index contributed by atoms with van der Waals surface area (Å²) in [6, 6.07) is 9.07. The maximum Gasteiger partial charge on any atom is 1.00 e. The Labute approximate surface area is 267 Å². The van der Waals surface area contributed by atoms with Crippen LogP contribution in [0, 0.1) is 0 Å². The van der Waals surface area contributed by atoms with Crippen LogP contribution in [0.5, 0.6) is 0 Å². The number of hydrogen-bond donors (Lipinski definition) is 2. The van der Waals surface area contributed by atoms with Gasteiger partial charge in [0.05, 0.1) is 20.8 Å². The van der Waals surface area contributed by atoms with E-state index >= 15 is 0 Å². The van der Waals surface area contributed by atoms with Gasteiger partial charge in [-0.3, -0.25) is 9.88 Å². The molecule has 39 heavy (non-hydrogen) atoms. The number of rotatable bonds is 8. The summed E-state index contributed by atoms with van der Waals surface area (Å²) in [6.45, 7) is 1.66. The second-order valence-electron chi connectivity index (χ2n) is 8.18. The Morgan fingerprint density at radius 2 is 1.87 bits per heavy atom. The van der Waals surface area contributed by atoms with Crippen LogP contribution < -0.4 is 79.5 Å². The van der Waals surface area contributed by atoms with Gasteiger partial charge >= 0.3 is 65.1 Å². The number of hydrogen-bond acceptors (Lipinski definition) is 11. The van der Waals surface area contributed by atoms with Crippen LogP contribution in [0.3, 0.4) is 0 Å². The summed E-state index contributed by atoms with van der Waals surface area (Å²) in [7, 11) is -5.24. The number of ether oxygens (including phenoxy) is 3. The molecule has 0 bridgehead atoms. The first kappa shape index (κ1) is 32.3. The Bertz CT molecular complexity index is 1340. The van der Waals surface area contributed by atoms with Crippen molar-refractivity contribution in [1.29, 1.82) is 0 Å². The largest absolute Gasteiger partial charge is 1.00 e. The fourth-order valence-electron chi connectivity index (χ4n) is 4.17. The standard InChI is InChI=1S/C22H25N6O8P.2Na/c1-2-23-22(29)27-19-16-20(25-11-24-19)28(12-26-16)21-18-17(14(34-21)10-33-37(30,31)32)35-15(36-18)9-8-13-6-4-3-5-7-13;;/h3-9,11-12,14-15,17-18,21H,2,10H2,1H3,(H2,30,31,32)(H2,23,24,25,27,29);;/q;2*+1/p-2/b9-8+;;/t14-,15+,17-,18-,21-;;/m1../s1. The maximum atomic E-state index is 12.0. The van der Waals surface area contributed by atoms with Gasteiger partial charge in [0.1, 0.15) is 24.6 Å². The van der Waals surface area contributed by atoms with E-state index in [2.05, 4.69) is 30.1 Å². The Hall–Kier alpha value is -1.23. The number of fused-ring (bicyclic) bond motifs is 2. The smallest absolute Gasteiger partial charge is 0.790 e. The number of urea groups is 1. The van der Waals surface area contributed by atoms with E-state index in [-0.39, 0.29) is 64.9 Å². The van der Waals surface area contributed by atoms with Crippen LogP contribution in [-0.2, 0) is 23.3 Å². The number of amides is 2. The quantitative estimate of drug-likeness (QED) is 0.193. The third-order valence-corrected chi connectivity index (χ3v) is 6.18. The van der Waals surface area contributed by atoms with Gasteiger partial charge in [0.15, 0.2) is 29.5 Å². The number of nitrogens with zero attached hydrogens (tertiary/aromatic N) is 4. The van der Waals surface area contributed by atoms with E-state index in [1.165, 1.54) is 12.7 Å². The van der Waals surface area contributed by atoms with Gasteiger partial charge in [-0.15, -0.1) is 0 Å². The molecular formula is C22H23N6Na2O8P. The Kier molecular flexibility index (Phi) is 11.7. The summed E-state index contributed by atoms with van der Waals surface area (Å²) < 4.78 is 35.2. The number of imidazole rings is 1. The molecule has 2 saturated heterocycles. The average molecular weight is 576 g/mol. The number of carbonyl (C=O) groups excluding carboxylic acids is 1. The maximum absolute atomic E-state index is 12.0. The van der Waals surface area contributed by atoms with E-state index < -0.39 is 51.3 Å². The van der Waals surface area contributed by atoms with Crippen LogP contribution in [-0.4, -0.2) is 63.3 Å². The molecule has 3 aromatic rings. The normalized spacial score (nSPS) is 24.2. The van der Waals surface area contributed by atoms with Crippen molar-refractivity contribution < 1.29 is 97.0 Å². The zero-order chi connectivity index (χ0) is 26.0. The summed E-state index contributed by atoms with van der Waals surface area (Å²) in [5.41, 5.74) is 1.57. The monoisotopic (exact) mass is 576 g/mol. The first-order valence-electron chi connectivity index (χ1n) is 11.4. The number of anilines is 1. The first-order chi connectivity index (χ1) is 17.8. The van der Waals surface area contributed by atoms with Crippen molar-refractivity contribution in [3.63, 3.8) is 0 Å². The van der Waals surface area contributed by atoms with Crippen molar-refractivity contribution in [3.8, 4) is 0 Å². The Morgan fingerprint density at radius 3 is 2.59 bits per heavy atom. The number of nitrogens with one attached hydrogen (secondary N) is 2. The van der Waals surface area contributed by atoms with Crippen LogP contribution >= 0.6 is 7.82 Å². The molecular weight excluding hydrogens is 553 g/mol. The Morgan fingerprint density at radius 1 is 1.13 bits per heavy atom. The van der Waals surface area contributed by atoms with E-state index in [0.29, 0.717) is 17.7 Å². The summed E-state index contributed by atoms with van der Waals surface area (Å²) in [5.74, 6) is 0.190. The van der Waals surface area contributed by atoms with Gasteiger partial charge in [0.25, 0.3) is 0 Å². The molecule has 2 fully saturated rings. The molecule has 4 heterocycles. The first-order valence-corrected chi connectivity index (χ1v) is 12.9. The van der Waals surface area contributed by atoms with Gasteiger partial charge in [0.2, 0.25) is 0 Å². The molecule has 2 N–H and O–H groups in total. The molecule has 196 valence electrons. The van der Waals surface area contributed by atoms with E-state index in [1.54, 1.807) is 17.6 Å². The number of phosphoric acid groups is 1. The van der Waals surface area contributed by atoms with Gasteiger partial charge in [-0.25, -0.2) is 19.7 Å². The molecule has 0 unspecified atom stereocenters. The molecule has 2 amide bonds. The molecule has 2 aliphatic rings. The van der Waals surface area contributed by atoms with Crippen LogP contribution in [0.1, 0.15) is 18.7 Å². The summed E-state index contributed by atoms with van der Waals surface area (Å²) in [5, 5.41) is 5.23. The van der Waals surface area contributed by atoms with Crippen molar-refractivity contribution in [2.75, 3.05) is 18.5 Å². The Balaban J connectivity index is 0.00000210.